The molecule has 1 aliphatic rings. The summed E-state index contributed by atoms with van der Waals surface area (Å²) in [6.45, 7) is 1.87. The number of nitrogens with zero attached hydrogens (tertiary/aromatic N) is 4. The van der Waals surface area contributed by atoms with Gasteiger partial charge in [0.25, 0.3) is 0 Å². The van der Waals surface area contributed by atoms with Gasteiger partial charge < -0.3 is 4.90 Å². The van der Waals surface area contributed by atoms with E-state index in [0.29, 0.717) is 3.95 Å². The summed E-state index contributed by atoms with van der Waals surface area (Å²) in [5.74, 6) is -0.0316. The molecule has 5 nitrogen and oxygen atoms in total. The third-order valence-corrected chi connectivity index (χ3v) is 7.42. The van der Waals surface area contributed by atoms with Crippen LogP contribution < -0.4 is 0 Å². The van der Waals surface area contributed by atoms with E-state index >= 15 is 0 Å². The van der Waals surface area contributed by atoms with Crippen molar-refractivity contribution in [1.82, 2.24) is 14.7 Å². The van der Waals surface area contributed by atoms with Gasteiger partial charge in [0.2, 0.25) is 5.91 Å². The molecule has 1 amide bonds. The van der Waals surface area contributed by atoms with Gasteiger partial charge in [0.15, 0.2) is 8.29 Å². The van der Waals surface area contributed by atoms with E-state index in [2.05, 4.69) is 11.2 Å². The number of benzene rings is 1. The number of aromatic nitrogens is 2. The number of nitriles is 1. The molecule has 8 heteroatoms. The molecule has 1 saturated carbocycles. The SMILES string of the molecule is C[C@@H](Sc1nn(-c2ccccc2)c(=S)s1)C(=O)N(C)C1(C#N)CCCCC1. The van der Waals surface area contributed by atoms with E-state index in [0.717, 1.165) is 42.1 Å². The highest BCUT2D eigenvalue weighted by atomic mass is 32.2. The molecule has 1 heterocycles. The van der Waals surface area contributed by atoms with Crippen LogP contribution in [0.1, 0.15) is 39.0 Å². The fourth-order valence-corrected chi connectivity index (χ4v) is 5.98. The topological polar surface area (TPSA) is 61.9 Å². The fourth-order valence-electron chi connectivity index (χ4n) is 3.38. The molecule has 142 valence electrons. The van der Waals surface area contributed by atoms with E-state index in [4.69, 9.17) is 12.2 Å². The maximum absolute atomic E-state index is 13.0. The molecule has 1 fully saturated rings. The summed E-state index contributed by atoms with van der Waals surface area (Å²) in [4.78, 5) is 14.6. The lowest BCUT2D eigenvalue weighted by atomic mass is 9.81. The van der Waals surface area contributed by atoms with Crippen molar-refractivity contribution in [2.75, 3.05) is 7.05 Å². The monoisotopic (exact) mass is 418 g/mol. The highest BCUT2D eigenvalue weighted by molar-refractivity contribution is 8.02. The Hall–Kier alpha value is -1.69. The second kappa shape index (κ2) is 8.55. The van der Waals surface area contributed by atoms with E-state index in [1.807, 2.05) is 37.3 Å². The number of carbonyl (C=O) groups is 1. The molecule has 0 aliphatic heterocycles. The van der Waals surface area contributed by atoms with Gasteiger partial charge >= 0.3 is 0 Å². The third-order valence-electron chi connectivity index (χ3n) is 5.02. The molecule has 3 rings (SSSR count). The zero-order chi connectivity index (χ0) is 19.4. The summed E-state index contributed by atoms with van der Waals surface area (Å²) >= 11 is 8.23. The van der Waals surface area contributed by atoms with Crippen LogP contribution in [0.4, 0.5) is 0 Å². The number of thioether (sulfide) groups is 1. The van der Waals surface area contributed by atoms with Gasteiger partial charge in [0.1, 0.15) is 5.54 Å². The smallest absolute Gasteiger partial charge is 0.236 e. The van der Waals surface area contributed by atoms with Crippen molar-refractivity contribution in [1.29, 1.82) is 5.26 Å². The van der Waals surface area contributed by atoms with Gasteiger partial charge in [0.05, 0.1) is 17.0 Å². The van der Waals surface area contributed by atoms with Gasteiger partial charge in [-0.15, -0.1) is 5.10 Å². The Labute approximate surface area is 173 Å². The number of amides is 1. The maximum Gasteiger partial charge on any atom is 0.236 e. The predicted molar refractivity (Wildman–Crippen MR) is 112 cm³/mol. The number of carbonyl (C=O) groups excluding carboxylic acids is 1. The average Bonchev–Trinajstić information content (AvgIpc) is 3.07. The van der Waals surface area contributed by atoms with E-state index in [9.17, 15) is 10.1 Å². The normalized spacial score (nSPS) is 17.1. The van der Waals surface area contributed by atoms with Crippen LogP contribution in [0.25, 0.3) is 5.69 Å². The Balaban J connectivity index is 1.73. The van der Waals surface area contributed by atoms with E-state index < -0.39 is 5.54 Å². The quantitative estimate of drug-likeness (QED) is 0.514. The second-order valence-corrected chi connectivity index (χ2v) is 9.95. The zero-order valence-electron chi connectivity index (χ0n) is 15.4. The fraction of sp³-hybridized carbons (Fsp3) is 0.474. The van der Waals surface area contributed by atoms with Crippen LogP contribution >= 0.6 is 35.3 Å². The second-order valence-electron chi connectivity index (χ2n) is 6.74. The Morgan fingerprint density at radius 1 is 1.37 bits per heavy atom. The molecule has 1 aromatic carbocycles. The van der Waals surface area contributed by atoms with Crippen molar-refractivity contribution in [3.8, 4) is 11.8 Å². The maximum atomic E-state index is 13.0. The van der Waals surface area contributed by atoms with Crippen molar-refractivity contribution >= 4 is 41.2 Å². The van der Waals surface area contributed by atoms with Crippen LogP contribution in [0.5, 0.6) is 0 Å². The molecule has 27 heavy (non-hydrogen) atoms. The number of rotatable bonds is 5. The lowest BCUT2D eigenvalue weighted by molar-refractivity contribution is -0.133. The Bertz CT molecular complexity index is 894. The first-order chi connectivity index (χ1) is 13.0. The summed E-state index contributed by atoms with van der Waals surface area (Å²) < 4.78 is 3.13. The molecule has 0 saturated heterocycles. The van der Waals surface area contributed by atoms with Crippen molar-refractivity contribution in [3.63, 3.8) is 0 Å². The van der Waals surface area contributed by atoms with Gasteiger partial charge in [-0.25, -0.2) is 4.68 Å². The van der Waals surface area contributed by atoms with E-state index in [1.165, 1.54) is 23.1 Å². The molecule has 1 atom stereocenters. The first-order valence-electron chi connectivity index (χ1n) is 8.98. The number of hydrogen-bond donors (Lipinski definition) is 0. The van der Waals surface area contributed by atoms with Gasteiger partial charge in [-0.05, 0) is 44.1 Å². The standard InChI is InChI=1S/C19H22N4OS3/c1-14(16(24)22(2)19(13-20)11-7-4-8-12-19)26-17-21-23(18(25)27-17)15-9-5-3-6-10-15/h3,5-6,9-10,14H,4,7-8,11-12H2,1-2H3/t14-/m1/s1. The van der Waals surface area contributed by atoms with Gasteiger partial charge in [-0.3, -0.25) is 4.79 Å². The minimum atomic E-state index is -0.667. The Morgan fingerprint density at radius 3 is 2.67 bits per heavy atom. The molecule has 1 aromatic heterocycles. The van der Waals surface area contributed by atoms with Gasteiger partial charge in [0, 0.05) is 7.05 Å². The predicted octanol–water partition coefficient (Wildman–Crippen LogP) is 4.83. The van der Waals surface area contributed by atoms with Crippen LogP contribution in [0.2, 0.25) is 0 Å². The minimum absolute atomic E-state index is 0.0316. The molecule has 0 unspecified atom stereocenters. The van der Waals surface area contributed by atoms with Crippen molar-refractivity contribution < 1.29 is 4.79 Å². The summed E-state index contributed by atoms with van der Waals surface area (Å²) in [6.07, 6.45) is 4.64. The summed E-state index contributed by atoms with van der Waals surface area (Å²) in [5.41, 5.74) is 0.243. The highest BCUT2D eigenvalue weighted by Crippen LogP contribution is 2.35. The first-order valence-corrected chi connectivity index (χ1v) is 11.1. The first kappa shape index (κ1) is 20.1. The lowest BCUT2D eigenvalue weighted by Crippen LogP contribution is -2.52. The van der Waals surface area contributed by atoms with Crippen molar-refractivity contribution in [3.05, 3.63) is 34.3 Å². The van der Waals surface area contributed by atoms with E-state index in [1.54, 1.807) is 16.6 Å². The summed E-state index contributed by atoms with van der Waals surface area (Å²) in [5, 5.41) is 14.0. The van der Waals surface area contributed by atoms with Gasteiger partial charge in [-0.1, -0.05) is 60.6 Å². The Kier molecular flexibility index (Phi) is 6.35. The van der Waals surface area contributed by atoms with Crippen LogP contribution in [0, 0.1) is 15.3 Å². The van der Waals surface area contributed by atoms with E-state index in [-0.39, 0.29) is 11.2 Å². The van der Waals surface area contributed by atoms with Crippen LogP contribution in [-0.2, 0) is 4.79 Å². The zero-order valence-corrected chi connectivity index (χ0v) is 17.9. The molecule has 0 spiro atoms. The lowest BCUT2D eigenvalue weighted by Gasteiger charge is -2.39. The highest BCUT2D eigenvalue weighted by Gasteiger charge is 2.40. The summed E-state index contributed by atoms with van der Waals surface area (Å²) in [6, 6.07) is 12.1. The molecule has 2 aromatic rings. The van der Waals surface area contributed by atoms with Crippen LogP contribution in [0.15, 0.2) is 34.7 Å². The molecule has 1 aliphatic carbocycles. The number of para-hydroxylation sites is 1. The molecule has 0 bridgehead atoms. The molecule has 0 radical (unpaired) electrons. The average molecular weight is 419 g/mol. The molecule has 0 N–H and O–H groups in total. The largest absolute Gasteiger partial charge is 0.326 e. The van der Waals surface area contributed by atoms with Crippen LogP contribution in [0.3, 0.4) is 0 Å². The summed E-state index contributed by atoms with van der Waals surface area (Å²) in [7, 11) is 1.76. The Morgan fingerprint density at radius 2 is 2.04 bits per heavy atom. The van der Waals surface area contributed by atoms with Gasteiger partial charge in [-0.2, -0.15) is 5.26 Å². The molecular weight excluding hydrogens is 396 g/mol. The van der Waals surface area contributed by atoms with Crippen molar-refractivity contribution in [2.45, 2.75) is 54.2 Å². The molecular formula is C19H22N4OS3. The number of hydrogen-bond acceptors (Lipinski definition) is 6. The minimum Gasteiger partial charge on any atom is -0.326 e. The third kappa shape index (κ3) is 4.26. The van der Waals surface area contributed by atoms with Crippen molar-refractivity contribution in [2.24, 2.45) is 0 Å². The van der Waals surface area contributed by atoms with Crippen LogP contribution in [-0.4, -0.2) is 38.4 Å².